The highest BCUT2D eigenvalue weighted by Crippen LogP contribution is 2.25. The van der Waals surface area contributed by atoms with E-state index in [9.17, 15) is 0 Å². The number of rotatable bonds is 3. The van der Waals surface area contributed by atoms with Crippen LogP contribution in [0.1, 0.15) is 27.2 Å². The van der Waals surface area contributed by atoms with E-state index in [2.05, 4.69) is 0 Å². The van der Waals surface area contributed by atoms with Crippen LogP contribution in [0.5, 0.6) is 0 Å². The molecule has 12 heavy (non-hydrogen) atoms. The maximum absolute atomic E-state index is 8.83. The molecule has 1 saturated heterocycles. The predicted octanol–water partition coefficient (Wildman–Crippen LogP) is 1.16. The zero-order valence-electron chi connectivity index (χ0n) is 8.04. The fourth-order valence-electron chi connectivity index (χ4n) is 1.40. The molecule has 0 aromatic carbocycles. The molecule has 2 atom stereocenters. The fraction of sp³-hybridized carbons (Fsp3) is 1.00. The second-order valence-electron chi connectivity index (χ2n) is 3.97. The van der Waals surface area contributed by atoms with Crippen LogP contribution >= 0.6 is 0 Å². The van der Waals surface area contributed by atoms with E-state index < -0.39 is 5.79 Å². The molecule has 0 bridgehead atoms. The molecule has 1 rings (SSSR count). The number of hydrogen-bond donors (Lipinski definition) is 1. The summed E-state index contributed by atoms with van der Waals surface area (Å²) in [5.74, 6) is -0.132. The molecule has 72 valence electrons. The summed E-state index contributed by atoms with van der Waals surface area (Å²) < 4.78 is 11.0. The number of hydrogen-bond acceptors (Lipinski definition) is 3. The van der Waals surface area contributed by atoms with Crippen LogP contribution in [0.3, 0.4) is 0 Å². The van der Waals surface area contributed by atoms with E-state index in [1.54, 1.807) is 0 Å². The first-order chi connectivity index (χ1) is 5.53. The minimum atomic E-state index is -0.431. The van der Waals surface area contributed by atoms with Crippen LogP contribution in [0.2, 0.25) is 0 Å². The zero-order valence-corrected chi connectivity index (χ0v) is 8.04. The Morgan fingerprint density at radius 3 is 2.67 bits per heavy atom. The number of aliphatic hydroxyl groups excluding tert-OH is 1. The molecular formula is C9H18O3. The lowest BCUT2D eigenvalue weighted by Gasteiger charge is -2.18. The molecule has 0 spiro atoms. The molecule has 1 N–H and O–H groups in total. The predicted molar refractivity (Wildman–Crippen MR) is 45.8 cm³/mol. The summed E-state index contributed by atoms with van der Waals surface area (Å²) in [5, 5.41) is 8.83. The standard InChI is InChI=1S/C9H18O3/c1-7(5-10)4-8-6-11-9(2,3)12-8/h7-8,10H,4-6H2,1-3H3. The minimum absolute atomic E-state index is 0.155. The average Bonchev–Trinajstić information content (AvgIpc) is 2.30. The van der Waals surface area contributed by atoms with Crippen molar-refractivity contribution < 1.29 is 14.6 Å². The van der Waals surface area contributed by atoms with Crippen molar-refractivity contribution in [2.45, 2.75) is 39.1 Å². The van der Waals surface area contributed by atoms with Gasteiger partial charge in [0.25, 0.3) is 0 Å². The first kappa shape index (κ1) is 9.96. The Balaban J connectivity index is 2.28. The van der Waals surface area contributed by atoms with Crippen LogP contribution in [0.4, 0.5) is 0 Å². The summed E-state index contributed by atoms with van der Waals surface area (Å²) in [4.78, 5) is 0. The van der Waals surface area contributed by atoms with Crippen molar-refractivity contribution in [1.82, 2.24) is 0 Å². The highest BCUT2D eigenvalue weighted by Gasteiger charge is 2.32. The third kappa shape index (κ3) is 2.73. The van der Waals surface area contributed by atoms with Gasteiger partial charge in [-0.1, -0.05) is 6.92 Å². The van der Waals surface area contributed by atoms with Crippen LogP contribution in [0.15, 0.2) is 0 Å². The highest BCUT2D eigenvalue weighted by atomic mass is 16.7. The molecular weight excluding hydrogens is 156 g/mol. The monoisotopic (exact) mass is 174 g/mol. The summed E-state index contributed by atoms with van der Waals surface area (Å²) >= 11 is 0. The van der Waals surface area contributed by atoms with Crippen molar-refractivity contribution in [3.8, 4) is 0 Å². The van der Waals surface area contributed by atoms with Crippen molar-refractivity contribution >= 4 is 0 Å². The van der Waals surface area contributed by atoms with Gasteiger partial charge in [-0.3, -0.25) is 0 Å². The molecule has 2 unspecified atom stereocenters. The highest BCUT2D eigenvalue weighted by molar-refractivity contribution is 4.72. The molecule has 0 saturated carbocycles. The molecule has 0 radical (unpaired) electrons. The molecule has 1 fully saturated rings. The SMILES string of the molecule is CC(CO)CC1COC(C)(C)O1. The van der Waals surface area contributed by atoms with Crippen LogP contribution in [0.25, 0.3) is 0 Å². The smallest absolute Gasteiger partial charge is 0.163 e. The van der Waals surface area contributed by atoms with Crippen LogP contribution in [-0.4, -0.2) is 30.2 Å². The maximum atomic E-state index is 8.83. The lowest BCUT2D eigenvalue weighted by Crippen LogP contribution is -2.22. The first-order valence-corrected chi connectivity index (χ1v) is 4.46. The van der Waals surface area contributed by atoms with Gasteiger partial charge < -0.3 is 14.6 Å². The van der Waals surface area contributed by atoms with Crippen LogP contribution < -0.4 is 0 Å². The van der Waals surface area contributed by atoms with Crippen molar-refractivity contribution in [3.63, 3.8) is 0 Å². The second kappa shape index (κ2) is 3.73. The molecule has 3 heteroatoms. The summed E-state index contributed by atoms with van der Waals surface area (Å²) in [5.41, 5.74) is 0. The Morgan fingerprint density at radius 1 is 1.58 bits per heavy atom. The van der Waals surface area contributed by atoms with E-state index in [0.29, 0.717) is 12.5 Å². The summed E-state index contributed by atoms with van der Waals surface area (Å²) in [6, 6.07) is 0. The van der Waals surface area contributed by atoms with Crippen molar-refractivity contribution in [2.24, 2.45) is 5.92 Å². The van der Waals surface area contributed by atoms with Gasteiger partial charge >= 0.3 is 0 Å². The van der Waals surface area contributed by atoms with E-state index in [1.807, 2.05) is 20.8 Å². The maximum Gasteiger partial charge on any atom is 0.163 e. The normalized spacial score (nSPS) is 30.5. The lowest BCUT2D eigenvalue weighted by atomic mass is 10.1. The number of aliphatic hydroxyl groups is 1. The second-order valence-corrected chi connectivity index (χ2v) is 3.97. The van der Waals surface area contributed by atoms with Gasteiger partial charge in [-0.2, -0.15) is 0 Å². The Labute approximate surface area is 73.7 Å². The van der Waals surface area contributed by atoms with Crippen LogP contribution in [0, 0.1) is 5.92 Å². The zero-order chi connectivity index (χ0) is 9.19. The number of ether oxygens (including phenoxy) is 2. The van der Waals surface area contributed by atoms with Gasteiger partial charge in [0.05, 0.1) is 12.7 Å². The largest absolute Gasteiger partial charge is 0.396 e. The van der Waals surface area contributed by atoms with Gasteiger partial charge in [0.15, 0.2) is 5.79 Å². The molecule has 0 aliphatic carbocycles. The summed E-state index contributed by atoms with van der Waals surface area (Å²) in [6.07, 6.45) is 1.03. The lowest BCUT2D eigenvalue weighted by molar-refractivity contribution is -0.140. The van der Waals surface area contributed by atoms with Crippen molar-refractivity contribution in [2.75, 3.05) is 13.2 Å². The van der Waals surface area contributed by atoms with Crippen molar-refractivity contribution in [1.29, 1.82) is 0 Å². The quantitative estimate of drug-likeness (QED) is 0.697. The molecule has 3 nitrogen and oxygen atoms in total. The van der Waals surface area contributed by atoms with Gasteiger partial charge in [0, 0.05) is 6.61 Å². The minimum Gasteiger partial charge on any atom is -0.396 e. The van der Waals surface area contributed by atoms with E-state index in [4.69, 9.17) is 14.6 Å². The molecule has 1 heterocycles. The average molecular weight is 174 g/mol. The Morgan fingerprint density at radius 2 is 2.25 bits per heavy atom. The van der Waals surface area contributed by atoms with E-state index >= 15 is 0 Å². The Kier molecular flexibility index (Phi) is 3.09. The molecule has 1 aliphatic heterocycles. The van der Waals surface area contributed by atoms with Crippen molar-refractivity contribution in [3.05, 3.63) is 0 Å². The van der Waals surface area contributed by atoms with Gasteiger partial charge in [0.2, 0.25) is 0 Å². The van der Waals surface area contributed by atoms with Crippen LogP contribution in [-0.2, 0) is 9.47 Å². The van der Waals surface area contributed by atoms with Gasteiger partial charge in [-0.05, 0) is 26.2 Å². The topological polar surface area (TPSA) is 38.7 Å². The third-order valence-corrected chi connectivity index (χ3v) is 2.04. The third-order valence-electron chi connectivity index (χ3n) is 2.04. The van der Waals surface area contributed by atoms with Gasteiger partial charge in [-0.25, -0.2) is 0 Å². The summed E-state index contributed by atoms with van der Waals surface area (Å²) in [6.45, 7) is 6.71. The van der Waals surface area contributed by atoms with Gasteiger partial charge in [-0.15, -0.1) is 0 Å². The summed E-state index contributed by atoms with van der Waals surface area (Å²) in [7, 11) is 0. The first-order valence-electron chi connectivity index (χ1n) is 4.46. The Hall–Kier alpha value is -0.120. The molecule has 0 aromatic rings. The fourth-order valence-corrected chi connectivity index (χ4v) is 1.40. The van der Waals surface area contributed by atoms with E-state index in [-0.39, 0.29) is 12.7 Å². The molecule has 0 amide bonds. The molecule has 0 aromatic heterocycles. The van der Waals surface area contributed by atoms with E-state index in [1.165, 1.54) is 0 Å². The van der Waals surface area contributed by atoms with Gasteiger partial charge in [0.1, 0.15) is 0 Å². The molecule has 1 aliphatic rings. The Bertz CT molecular complexity index is 145. The van der Waals surface area contributed by atoms with E-state index in [0.717, 1.165) is 6.42 Å².